The van der Waals surface area contributed by atoms with Crippen molar-refractivity contribution in [3.8, 4) is 5.75 Å². The maximum atomic E-state index is 12.6. The lowest BCUT2D eigenvalue weighted by Gasteiger charge is -2.26. The Morgan fingerprint density at radius 2 is 1.71 bits per heavy atom. The molecule has 7 nitrogen and oxygen atoms in total. The van der Waals surface area contributed by atoms with E-state index in [0.717, 1.165) is 3.57 Å². The first-order valence-electron chi connectivity index (χ1n) is 8.81. The van der Waals surface area contributed by atoms with Crippen LogP contribution in [0.2, 0.25) is 0 Å². The van der Waals surface area contributed by atoms with Crippen molar-refractivity contribution in [3.05, 3.63) is 57.7 Å². The SMILES string of the molecule is O=C(NCCOc1ccc(S(=O)(=O)N2CCOCC2)cc1)c1ccc(I)cc1. The molecule has 150 valence electrons. The van der Waals surface area contributed by atoms with E-state index in [4.69, 9.17) is 9.47 Å². The summed E-state index contributed by atoms with van der Waals surface area (Å²) in [5.74, 6) is 0.386. The van der Waals surface area contributed by atoms with Crippen molar-refractivity contribution in [1.82, 2.24) is 9.62 Å². The Labute approximate surface area is 178 Å². The number of hydrogen-bond acceptors (Lipinski definition) is 5. The molecule has 2 aromatic carbocycles. The summed E-state index contributed by atoms with van der Waals surface area (Å²) in [6, 6.07) is 13.6. The molecule has 0 spiro atoms. The molecule has 1 heterocycles. The zero-order valence-corrected chi connectivity index (χ0v) is 18.1. The topological polar surface area (TPSA) is 84.9 Å². The van der Waals surface area contributed by atoms with Crippen LogP contribution >= 0.6 is 22.6 Å². The fourth-order valence-electron chi connectivity index (χ4n) is 2.68. The minimum atomic E-state index is -3.51. The maximum absolute atomic E-state index is 12.6. The van der Waals surface area contributed by atoms with Crippen LogP contribution < -0.4 is 10.1 Å². The van der Waals surface area contributed by atoms with Crippen LogP contribution in [0.25, 0.3) is 0 Å². The first-order valence-corrected chi connectivity index (χ1v) is 11.3. The van der Waals surface area contributed by atoms with Crippen LogP contribution in [0.3, 0.4) is 0 Å². The number of carbonyl (C=O) groups is 1. The summed E-state index contributed by atoms with van der Waals surface area (Å²) in [6.07, 6.45) is 0. The van der Waals surface area contributed by atoms with E-state index in [1.165, 1.54) is 16.4 Å². The van der Waals surface area contributed by atoms with Crippen molar-refractivity contribution < 1.29 is 22.7 Å². The molecule has 1 N–H and O–H groups in total. The molecule has 0 unspecified atom stereocenters. The van der Waals surface area contributed by atoms with E-state index < -0.39 is 10.0 Å². The van der Waals surface area contributed by atoms with Gasteiger partial charge in [-0.05, 0) is 71.1 Å². The van der Waals surface area contributed by atoms with Crippen molar-refractivity contribution in [2.75, 3.05) is 39.5 Å². The van der Waals surface area contributed by atoms with Crippen LogP contribution in [-0.2, 0) is 14.8 Å². The van der Waals surface area contributed by atoms with E-state index in [2.05, 4.69) is 27.9 Å². The molecular formula is C19H21IN2O5S. The number of rotatable bonds is 7. The Bertz CT molecular complexity index is 895. The standard InChI is InChI=1S/C19H21IN2O5S/c20-16-3-1-15(2-4-16)19(23)21-9-12-27-17-5-7-18(8-6-17)28(24,25)22-10-13-26-14-11-22/h1-8H,9-14H2,(H,21,23). The molecule has 2 aromatic rings. The molecule has 1 aliphatic rings. The average Bonchev–Trinajstić information content (AvgIpc) is 2.72. The number of nitrogens with zero attached hydrogens (tertiary/aromatic N) is 1. The van der Waals surface area contributed by atoms with Crippen LogP contribution in [0, 0.1) is 3.57 Å². The highest BCUT2D eigenvalue weighted by Gasteiger charge is 2.26. The van der Waals surface area contributed by atoms with Crippen LogP contribution in [0.5, 0.6) is 5.75 Å². The van der Waals surface area contributed by atoms with Crippen LogP contribution in [-0.4, -0.2) is 58.1 Å². The Hall–Kier alpha value is -1.69. The van der Waals surface area contributed by atoms with Crippen LogP contribution in [0.4, 0.5) is 0 Å². The van der Waals surface area contributed by atoms with Gasteiger partial charge >= 0.3 is 0 Å². The second kappa shape index (κ2) is 9.68. The summed E-state index contributed by atoms with van der Waals surface area (Å²) >= 11 is 2.18. The van der Waals surface area contributed by atoms with E-state index in [0.29, 0.717) is 44.2 Å². The number of amides is 1. The summed E-state index contributed by atoms with van der Waals surface area (Å²) in [5.41, 5.74) is 0.595. The summed E-state index contributed by atoms with van der Waals surface area (Å²) in [5, 5.41) is 2.79. The molecule has 0 bridgehead atoms. The molecule has 0 radical (unpaired) electrons. The number of carbonyl (C=O) groups excluding carboxylic acids is 1. The Kier molecular flexibility index (Phi) is 7.27. The van der Waals surface area contributed by atoms with E-state index in [-0.39, 0.29) is 17.4 Å². The zero-order valence-electron chi connectivity index (χ0n) is 15.1. The number of nitrogens with one attached hydrogen (secondary N) is 1. The molecule has 0 aromatic heterocycles. The summed E-state index contributed by atoms with van der Waals surface area (Å²) in [6.45, 7) is 2.18. The highest BCUT2D eigenvalue weighted by molar-refractivity contribution is 14.1. The molecule has 1 amide bonds. The molecule has 1 fully saturated rings. The number of sulfonamides is 1. The third-order valence-electron chi connectivity index (χ3n) is 4.19. The van der Waals surface area contributed by atoms with Gasteiger partial charge in [0, 0.05) is 22.2 Å². The summed E-state index contributed by atoms with van der Waals surface area (Å²) in [4.78, 5) is 12.3. The predicted molar refractivity (Wildman–Crippen MR) is 113 cm³/mol. The second-order valence-corrected chi connectivity index (χ2v) is 9.28. The highest BCUT2D eigenvalue weighted by Crippen LogP contribution is 2.20. The number of halogens is 1. The van der Waals surface area contributed by atoms with Crippen molar-refractivity contribution in [3.63, 3.8) is 0 Å². The third kappa shape index (κ3) is 5.43. The van der Waals surface area contributed by atoms with E-state index in [1.54, 1.807) is 24.3 Å². The van der Waals surface area contributed by atoms with Gasteiger partial charge in [-0.25, -0.2) is 8.42 Å². The van der Waals surface area contributed by atoms with Gasteiger partial charge in [0.15, 0.2) is 0 Å². The lowest BCUT2D eigenvalue weighted by molar-refractivity contribution is 0.0730. The molecule has 1 aliphatic heterocycles. The molecule has 1 saturated heterocycles. The minimum Gasteiger partial charge on any atom is -0.492 e. The zero-order chi connectivity index (χ0) is 20.0. The number of morpholine rings is 1. The van der Waals surface area contributed by atoms with Crippen LogP contribution in [0.15, 0.2) is 53.4 Å². The van der Waals surface area contributed by atoms with Gasteiger partial charge in [-0.1, -0.05) is 0 Å². The molecule has 0 saturated carbocycles. The van der Waals surface area contributed by atoms with E-state index in [9.17, 15) is 13.2 Å². The van der Waals surface area contributed by atoms with Gasteiger partial charge in [-0.2, -0.15) is 4.31 Å². The summed E-state index contributed by atoms with van der Waals surface area (Å²) < 4.78 is 38.4. The minimum absolute atomic E-state index is 0.160. The monoisotopic (exact) mass is 516 g/mol. The van der Waals surface area contributed by atoms with Gasteiger partial charge < -0.3 is 14.8 Å². The van der Waals surface area contributed by atoms with Crippen LogP contribution in [0.1, 0.15) is 10.4 Å². The molecular weight excluding hydrogens is 495 g/mol. The Morgan fingerprint density at radius 3 is 2.36 bits per heavy atom. The number of benzene rings is 2. The van der Waals surface area contributed by atoms with E-state index >= 15 is 0 Å². The van der Waals surface area contributed by atoms with Gasteiger partial charge in [-0.3, -0.25) is 4.79 Å². The van der Waals surface area contributed by atoms with Gasteiger partial charge in [0.1, 0.15) is 12.4 Å². The highest BCUT2D eigenvalue weighted by atomic mass is 127. The van der Waals surface area contributed by atoms with Gasteiger partial charge in [0.05, 0.1) is 24.7 Å². The predicted octanol–water partition coefficient (Wildman–Crippen LogP) is 2.12. The second-order valence-electron chi connectivity index (χ2n) is 6.10. The Balaban J connectivity index is 1.48. The lowest BCUT2D eigenvalue weighted by atomic mass is 10.2. The van der Waals surface area contributed by atoms with Gasteiger partial charge in [0.25, 0.3) is 5.91 Å². The molecule has 0 aliphatic carbocycles. The summed E-state index contributed by atoms with van der Waals surface area (Å²) in [7, 11) is -3.51. The van der Waals surface area contributed by atoms with Crippen molar-refractivity contribution in [1.29, 1.82) is 0 Å². The molecule has 0 atom stereocenters. The van der Waals surface area contributed by atoms with E-state index in [1.807, 2.05) is 12.1 Å². The average molecular weight is 516 g/mol. The normalized spacial score (nSPS) is 15.2. The quantitative estimate of drug-likeness (QED) is 0.451. The maximum Gasteiger partial charge on any atom is 0.251 e. The first-order chi connectivity index (χ1) is 13.5. The van der Waals surface area contributed by atoms with Gasteiger partial charge in [0.2, 0.25) is 10.0 Å². The smallest absolute Gasteiger partial charge is 0.251 e. The first kappa shape index (κ1) is 21.0. The fourth-order valence-corrected chi connectivity index (χ4v) is 4.45. The lowest BCUT2D eigenvalue weighted by Crippen LogP contribution is -2.40. The van der Waals surface area contributed by atoms with Crippen molar-refractivity contribution in [2.45, 2.75) is 4.90 Å². The number of hydrogen-bond donors (Lipinski definition) is 1. The molecule has 9 heteroatoms. The third-order valence-corrected chi connectivity index (χ3v) is 6.83. The Morgan fingerprint density at radius 1 is 1.07 bits per heavy atom. The van der Waals surface area contributed by atoms with Gasteiger partial charge in [-0.15, -0.1) is 0 Å². The molecule has 3 rings (SSSR count). The van der Waals surface area contributed by atoms with Crippen molar-refractivity contribution in [2.24, 2.45) is 0 Å². The largest absolute Gasteiger partial charge is 0.492 e. The van der Waals surface area contributed by atoms with Crippen molar-refractivity contribution >= 4 is 38.5 Å². The fraction of sp³-hybridized carbons (Fsp3) is 0.316. The number of ether oxygens (including phenoxy) is 2. The molecule has 28 heavy (non-hydrogen) atoms.